The van der Waals surface area contributed by atoms with Gasteiger partial charge < -0.3 is 19.8 Å². The van der Waals surface area contributed by atoms with Gasteiger partial charge in [0.05, 0.1) is 16.7 Å². The van der Waals surface area contributed by atoms with Crippen molar-refractivity contribution in [1.82, 2.24) is 9.88 Å². The number of rotatable bonds is 6. The minimum absolute atomic E-state index is 0.385. The lowest BCUT2D eigenvalue weighted by molar-refractivity contribution is -0.146. The van der Waals surface area contributed by atoms with E-state index in [1.54, 1.807) is 32.2 Å². The number of likely N-dealkylation sites (tertiary alicyclic amines) is 1. The molecule has 0 atom stereocenters. The van der Waals surface area contributed by atoms with Gasteiger partial charge in [0.15, 0.2) is 0 Å². The van der Waals surface area contributed by atoms with Crippen LogP contribution in [0, 0.1) is 0 Å². The molecule has 0 spiro atoms. The zero-order valence-electron chi connectivity index (χ0n) is 21.8. The van der Waals surface area contributed by atoms with E-state index in [-0.39, 0.29) is 0 Å². The normalized spacial score (nSPS) is 18.3. The number of halogens is 1. The van der Waals surface area contributed by atoms with Crippen molar-refractivity contribution >= 4 is 23.1 Å². The van der Waals surface area contributed by atoms with E-state index in [9.17, 15) is 15.0 Å². The first-order chi connectivity index (χ1) is 18.2. The van der Waals surface area contributed by atoms with Gasteiger partial charge in [-0.25, -0.2) is 0 Å². The zero-order valence-corrected chi connectivity index (χ0v) is 22.5. The number of aliphatic hydroxyl groups is 1. The fourth-order valence-corrected chi connectivity index (χ4v) is 5.63. The van der Waals surface area contributed by atoms with E-state index in [1.165, 1.54) is 0 Å². The highest BCUT2D eigenvalue weighted by Gasteiger charge is 2.42. The van der Waals surface area contributed by atoms with Crippen LogP contribution in [0.1, 0.15) is 61.1 Å². The first-order valence-corrected chi connectivity index (χ1v) is 13.4. The molecular weight excluding hydrogens is 500 g/mol. The van der Waals surface area contributed by atoms with E-state index >= 15 is 0 Å². The van der Waals surface area contributed by atoms with Crippen molar-refractivity contribution in [3.63, 3.8) is 0 Å². The number of benzene rings is 2. The summed E-state index contributed by atoms with van der Waals surface area (Å²) < 4.78 is 6.10. The molecule has 5 rings (SSSR count). The first-order valence-electron chi connectivity index (χ1n) is 13.0. The highest BCUT2D eigenvalue weighted by molar-refractivity contribution is 6.30. The molecule has 3 heterocycles. The Morgan fingerprint density at radius 3 is 2.55 bits per heavy atom. The lowest BCUT2D eigenvalue weighted by Gasteiger charge is -2.39. The number of nitrogens with zero attached hydrogens (tertiary/aromatic N) is 2. The molecule has 38 heavy (non-hydrogen) atoms. The van der Waals surface area contributed by atoms with Gasteiger partial charge >= 0.3 is 5.97 Å². The van der Waals surface area contributed by atoms with Crippen molar-refractivity contribution in [1.29, 1.82) is 0 Å². The third-order valence-corrected chi connectivity index (χ3v) is 8.08. The number of aliphatic carboxylic acids is 1. The van der Waals surface area contributed by atoms with Gasteiger partial charge in [0.1, 0.15) is 12.4 Å². The maximum atomic E-state index is 12.4. The molecule has 0 amide bonds. The first kappa shape index (κ1) is 26.4. The Morgan fingerprint density at radius 1 is 1.13 bits per heavy atom. The van der Waals surface area contributed by atoms with Crippen molar-refractivity contribution in [2.75, 3.05) is 19.6 Å². The van der Waals surface area contributed by atoms with Crippen LogP contribution >= 0.6 is 11.6 Å². The second-order valence-electron chi connectivity index (χ2n) is 10.7. The molecular formula is C31H33ClN2O4. The van der Waals surface area contributed by atoms with Crippen molar-refractivity contribution in [3.8, 4) is 5.75 Å². The Bertz CT molecular complexity index is 1350. The van der Waals surface area contributed by atoms with Crippen LogP contribution in [0.3, 0.4) is 0 Å². The number of carbonyl (C=O) groups is 1. The zero-order chi connectivity index (χ0) is 26.9. The van der Waals surface area contributed by atoms with E-state index in [1.807, 2.05) is 36.4 Å². The summed E-state index contributed by atoms with van der Waals surface area (Å²) in [6.45, 7) is 6.18. The number of hydrogen-bond donors (Lipinski definition) is 2. The predicted octanol–water partition coefficient (Wildman–Crippen LogP) is 5.80. The van der Waals surface area contributed by atoms with Crippen molar-refractivity contribution in [3.05, 3.63) is 99.8 Å². The number of aromatic nitrogens is 1. The van der Waals surface area contributed by atoms with E-state index in [0.717, 1.165) is 52.2 Å². The molecule has 6 nitrogen and oxygen atoms in total. The summed E-state index contributed by atoms with van der Waals surface area (Å²) in [4.78, 5) is 19.2. The van der Waals surface area contributed by atoms with Crippen LogP contribution in [-0.2, 0) is 22.4 Å². The lowest BCUT2D eigenvalue weighted by atomic mass is 9.73. The highest BCUT2D eigenvalue weighted by atomic mass is 35.5. The molecule has 0 aliphatic carbocycles. The number of ether oxygens (including phenoxy) is 1. The average Bonchev–Trinajstić information content (AvgIpc) is 3.06. The molecule has 1 aromatic heterocycles. The maximum Gasteiger partial charge on any atom is 0.314 e. The van der Waals surface area contributed by atoms with Crippen molar-refractivity contribution in [2.24, 2.45) is 0 Å². The number of fused-ring (bicyclic) bond motifs is 2. The van der Waals surface area contributed by atoms with Gasteiger partial charge in [0.2, 0.25) is 0 Å². The molecule has 1 fully saturated rings. The van der Waals surface area contributed by atoms with E-state index in [2.05, 4.69) is 22.0 Å². The third-order valence-electron chi connectivity index (χ3n) is 7.83. The molecule has 2 aromatic carbocycles. The van der Waals surface area contributed by atoms with Gasteiger partial charge in [-0.1, -0.05) is 41.9 Å². The molecule has 2 N–H and O–H groups in total. The number of hydrogen-bond acceptors (Lipinski definition) is 5. The molecule has 0 saturated carbocycles. The van der Waals surface area contributed by atoms with Gasteiger partial charge in [-0.2, -0.15) is 0 Å². The standard InChI is InChI=1S/C31H33ClN2O4/c1-30(2,37)22-9-12-28-26(19-22)24(25-5-3-15-33-27(25)20-38-28)6-4-16-34-17-13-31(14-18-34,29(35)36)21-7-10-23(32)11-8-21/h3,5-12,15,19,37H,4,13-14,16-18,20H2,1-2H3,(H,35,36)/b24-6+. The summed E-state index contributed by atoms with van der Waals surface area (Å²) in [6.07, 6.45) is 5.90. The average molecular weight is 533 g/mol. The summed E-state index contributed by atoms with van der Waals surface area (Å²) in [5.74, 6) is -0.00204. The van der Waals surface area contributed by atoms with Crippen LogP contribution in [0.25, 0.3) is 5.57 Å². The lowest BCUT2D eigenvalue weighted by Crippen LogP contribution is -2.47. The molecule has 2 aliphatic heterocycles. The molecule has 2 aliphatic rings. The Morgan fingerprint density at radius 2 is 1.87 bits per heavy atom. The second kappa shape index (κ2) is 10.5. The third kappa shape index (κ3) is 5.21. The smallest absolute Gasteiger partial charge is 0.314 e. The Balaban J connectivity index is 1.36. The number of carboxylic acid groups (broad SMARTS) is 1. The quantitative estimate of drug-likeness (QED) is 0.418. The second-order valence-corrected chi connectivity index (χ2v) is 11.1. The number of pyridine rings is 1. The minimum Gasteiger partial charge on any atom is -0.487 e. The van der Waals surface area contributed by atoms with Crippen molar-refractivity contribution < 1.29 is 19.7 Å². The van der Waals surface area contributed by atoms with Crippen LogP contribution < -0.4 is 4.74 Å². The molecule has 198 valence electrons. The summed E-state index contributed by atoms with van der Waals surface area (Å²) in [5.41, 5.74) is 3.69. The van der Waals surface area contributed by atoms with Gasteiger partial charge in [-0.05, 0) is 93.2 Å². The van der Waals surface area contributed by atoms with Gasteiger partial charge in [0.25, 0.3) is 0 Å². The van der Waals surface area contributed by atoms with Gasteiger partial charge in [-0.15, -0.1) is 0 Å². The van der Waals surface area contributed by atoms with Crippen LogP contribution in [0.15, 0.2) is 66.9 Å². The minimum atomic E-state index is -0.973. The van der Waals surface area contributed by atoms with Gasteiger partial charge in [-0.3, -0.25) is 9.78 Å². The number of piperidine rings is 1. The predicted molar refractivity (Wildman–Crippen MR) is 148 cm³/mol. The molecule has 3 aromatic rings. The summed E-state index contributed by atoms with van der Waals surface area (Å²) in [7, 11) is 0. The SMILES string of the molecule is CC(C)(O)c1ccc2c(c1)/C(=C/CCN1CCC(C(=O)O)(c3ccc(Cl)cc3)CC1)c1cccnc1CO2. The van der Waals surface area contributed by atoms with Crippen LogP contribution in [0.5, 0.6) is 5.75 Å². The van der Waals surface area contributed by atoms with E-state index < -0.39 is 17.0 Å². The van der Waals surface area contributed by atoms with E-state index in [0.29, 0.717) is 37.6 Å². The summed E-state index contributed by atoms with van der Waals surface area (Å²) in [6, 6.07) is 17.1. The number of carboxylic acids is 1. The largest absolute Gasteiger partial charge is 0.487 e. The highest BCUT2D eigenvalue weighted by Crippen LogP contribution is 2.39. The Hall–Kier alpha value is -3.19. The topological polar surface area (TPSA) is 82.9 Å². The van der Waals surface area contributed by atoms with E-state index in [4.69, 9.17) is 16.3 Å². The van der Waals surface area contributed by atoms with Crippen LogP contribution in [0.2, 0.25) is 5.02 Å². The molecule has 0 radical (unpaired) electrons. The molecule has 0 unspecified atom stereocenters. The molecule has 0 bridgehead atoms. The summed E-state index contributed by atoms with van der Waals surface area (Å²) >= 11 is 6.04. The monoisotopic (exact) mass is 532 g/mol. The van der Waals surface area contributed by atoms with Crippen LogP contribution in [-0.4, -0.2) is 45.7 Å². The fourth-order valence-electron chi connectivity index (χ4n) is 5.50. The van der Waals surface area contributed by atoms with Crippen LogP contribution in [0.4, 0.5) is 0 Å². The Kier molecular flexibility index (Phi) is 7.32. The maximum absolute atomic E-state index is 12.4. The summed E-state index contributed by atoms with van der Waals surface area (Å²) in [5, 5.41) is 21.4. The van der Waals surface area contributed by atoms with Crippen molar-refractivity contribution in [2.45, 2.75) is 50.7 Å². The molecule has 1 saturated heterocycles. The fraction of sp³-hybridized carbons (Fsp3) is 0.355. The molecule has 7 heteroatoms. The van der Waals surface area contributed by atoms with Gasteiger partial charge in [0, 0.05) is 28.9 Å². The Labute approximate surface area is 228 Å².